The van der Waals surface area contributed by atoms with Crippen molar-refractivity contribution in [3.63, 3.8) is 0 Å². The van der Waals surface area contributed by atoms with Gasteiger partial charge >= 0.3 is 12.0 Å². The highest BCUT2D eigenvalue weighted by Crippen LogP contribution is 2.25. The maximum absolute atomic E-state index is 12.0. The molecule has 1 heterocycles. The summed E-state index contributed by atoms with van der Waals surface area (Å²) in [5.74, 6) is 0.0456. The molecule has 3 N–H and O–H groups in total. The molecule has 5 nitrogen and oxygen atoms in total. The lowest BCUT2D eigenvalue weighted by atomic mass is 9.92. The monoisotopic (exact) mass is 308 g/mol. The van der Waals surface area contributed by atoms with E-state index in [1.165, 1.54) is 13.3 Å². The van der Waals surface area contributed by atoms with E-state index in [2.05, 4.69) is 10.6 Å². The molecule has 1 aromatic rings. The first-order valence-corrected chi connectivity index (χ1v) is 8.04. The second kappa shape index (κ2) is 6.85. The molecular formula is C15H20N2O3S. The molecule has 0 aliphatic carbocycles. The fourth-order valence-electron chi connectivity index (χ4n) is 2.30. The zero-order valence-corrected chi connectivity index (χ0v) is 12.8. The van der Waals surface area contributed by atoms with Crippen LogP contribution in [0.3, 0.4) is 0 Å². The van der Waals surface area contributed by atoms with Crippen LogP contribution in [-0.4, -0.2) is 34.7 Å². The van der Waals surface area contributed by atoms with Gasteiger partial charge in [0.05, 0.1) is 0 Å². The summed E-state index contributed by atoms with van der Waals surface area (Å²) >= 11 is 1.85. The second-order valence-electron chi connectivity index (χ2n) is 5.27. The number of thioether (sulfide) groups is 1. The highest BCUT2D eigenvalue weighted by molar-refractivity contribution is 8.00. The highest BCUT2D eigenvalue weighted by Gasteiger charge is 2.36. The zero-order valence-electron chi connectivity index (χ0n) is 12.0. The number of carboxylic acids is 1. The first-order valence-electron chi connectivity index (χ1n) is 6.99. The van der Waals surface area contributed by atoms with Crippen LogP contribution in [0.25, 0.3) is 0 Å². The maximum atomic E-state index is 12.0. The van der Waals surface area contributed by atoms with Gasteiger partial charge in [-0.25, -0.2) is 9.59 Å². The molecule has 0 radical (unpaired) electrons. The highest BCUT2D eigenvalue weighted by atomic mass is 32.2. The van der Waals surface area contributed by atoms with Crippen molar-refractivity contribution >= 4 is 23.8 Å². The summed E-state index contributed by atoms with van der Waals surface area (Å²) < 4.78 is 0. The van der Waals surface area contributed by atoms with Crippen molar-refractivity contribution in [3.8, 4) is 0 Å². The van der Waals surface area contributed by atoms with E-state index >= 15 is 0 Å². The normalized spacial score (nSPS) is 20.5. The van der Waals surface area contributed by atoms with Gasteiger partial charge in [0.2, 0.25) is 0 Å². The van der Waals surface area contributed by atoms with Crippen molar-refractivity contribution in [1.82, 2.24) is 10.6 Å². The third kappa shape index (κ3) is 3.91. The molecule has 0 spiro atoms. The van der Waals surface area contributed by atoms with Crippen LogP contribution in [0.1, 0.15) is 25.3 Å². The van der Waals surface area contributed by atoms with Crippen molar-refractivity contribution in [3.05, 3.63) is 35.9 Å². The lowest BCUT2D eigenvalue weighted by Gasteiger charge is -2.27. The fourth-order valence-corrected chi connectivity index (χ4v) is 3.50. The van der Waals surface area contributed by atoms with E-state index in [1.54, 1.807) is 24.3 Å². The maximum Gasteiger partial charge on any atom is 0.333 e. The van der Waals surface area contributed by atoms with Crippen molar-refractivity contribution in [2.75, 3.05) is 12.3 Å². The Morgan fingerprint density at radius 3 is 2.67 bits per heavy atom. The molecule has 21 heavy (non-hydrogen) atoms. The number of nitrogens with one attached hydrogen (secondary N) is 2. The minimum Gasteiger partial charge on any atom is -0.479 e. The Kier molecular flexibility index (Phi) is 5.12. The van der Waals surface area contributed by atoms with Gasteiger partial charge in [0.1, 0.15) is 0 Å². The largest absolute Gasteiger partial charge is 0.479 e. The minimum atomic E-state index is -1.44. The number of rotatable bonds is 5. The van der Waals surface area contributed by atoms with E-state index in [4.69, 9.17) is 0 Å². The van der Waals surface area contributed by atoms with Crippen molar-refractivity contribution in [2.24, 2.45) is 0 Å². The number of hydrogen-bond acceptors (Lipinski definition) is 3. The summed E-state index contributed by atoms with van der Waals surface area (Å²) in [6, 6.07) is 8.26. The molecule has 0 saturated carbocycles. The molecule has 0 aromatic heterocycles. The number of amides is 2. The fraction of sp³-hybridized carbons (Fsp3) is 0.467. The summed E-state index contributed by atoms with van der Waals surface area (Å²) in [7, 11) is 0. The van der Waals surface area contributed by atoms with Gasteiger partial charge in [0.25, 0.3) is 0 Å². The quantitative estimate of drug-likeness (QED) is 0.779. The number of hydrogen-bond donors (Lipinski definition) is 3. The molecular weight excluding hydrogens is 288 g/mol. The molecule has 1 fully saturated rings. The van der Waals surface area contributed by atoms with Crippen LogP contribution < -0.4 is 10.6 Å². The average molecular weight is 308 g/mol. The zero-order chi connectivity index (χ0) is 15.3. The minimum absolute atomic E-state index is 0.434. The lowest BCUT2D eigenvalue weighted by Crippen LogP contribution is -2.53. The Hall–Kier alpha value is -1.69. The van der Waals surface area contributed by atoms with Crippen LogP contribution in [0.4, 0.5) is 4.79 Å². The van der Waals surface area contributed by atoms with Crippen LogP contribution in [0.5, 0.6) is 0 Å². The molecule has 2 unspecified atom stereocenters. The molecule has 1 saturated heterocycles. The molecule has 2 atom stereocenters. The van der Waals surface area contributed by atoms with Gasteiger partial charge in [0, 0.05) is 11.8 Å². The lowest BCUT2D eigenvalue weighted by molar-refractivity contribution is -0.144. The molecule has 2 amide bonds. The van der Waals surface area contributed by atoms with E-state index in [0.717, 1.165) is 12.2 Å². The SMILES string of the molecule is CC(NC(=O)NCC1CCCS1)(C(=O)O)c1ccccc1. The molecule has 1 aliphatic heterocycles. The third-order valence-electron chi connectivity index (χ3n) is 3.66. The Morgan fingerprint density at radius 2 is 2.10 bits per heavy atom. The van der Waals surface area contributed by atoms with Crippen molar-refractivity contribution in [1.29, 1.82) is 0 Å². The predicted molar refractivity (Wildman–Crippen MR) is 83.4 cm³/mol. The standard InChI is InChI=1S/C15H20N2O3S/c1-15(13(18)19,11-6-3-2-4-7-11)17-14(20)16-10-12-8-5-9-21-12/h2-4,6-7,12H,5,8-10H2,1H3,(H,18,19)(H2,16,17,20). The third-order valence-corrected chi connectivity index (χ3v) is 5.05. The summed E-state index contributed by atoms with van der Waals surface area (Å²) in [6.45, 7) is 2.07. The number of aliphatic carboxylic acids is 1. The van der Waals surface area contributed by atoms with E-state index in [-0.39, 0.29) is 0 Å². The van der Waals surface area contributed by atoms with Crippen molar-refractivity contribution < 1.29 is 14.7 Å². The van der Waals surface area contributed by atoms with E-state index < -0.39 is 17.5 Å². The molecule has 2 rings (SSSR count). The van der Waals surface area contributed by atoms with E-state index in [0.29, 0.717) is 17.4 Å². The Balaban J connectivity index is 1.99. The van der Waals surface area contributed by atoms with E-state index in [9.17, 15) is 14.7 Å². The Labute approximate surface area is 128 Å². The van der Waals surface area contributed by atoms with Gasteiger partial charge in [-0.2, -0.15) is 11.8 Å². The van der Waals surface area contributed by atoms with Gasteiger partial charge in [-0.05, 0) is 31.1 Å². The summed E-state index contributed by atoms with van der Waals surface area (Å²) in [6.07, 6.45) is 2.27. The average Bonchev–Trinajstić information content (AvgIpc) is 2.99. The Bertz CT molecular complexity index is 503. The van der Waals surface area contributed by atoms with Gasteiger partial charge < -0.3 is 15.7 Å². The molecule has 1 aliphatic rings. The van der Waals surface area contributed by atoms with Gasteiger partial charge in [-0.1, -0.05) is 30.3 Å². The topological polar surface area (TPSA) is 78.4 Å². The summed E-state index contributed by atoms with van der Waals surface area (Å²) in [5.41, 5.74) is -0.892. The van der Waals surface area contributed by atoms with Crippen LogP contribution in [-0.2, 0) is 10.3 Å². The first-order chi connectivity index (χ1) is 10.0. The van der Waals surface area contributed by atoms with Crippen LogP contribution >= 0.6 is 11.8 Å². The smallest absolute Gasteiger partial charge is 0.333 e. The molecule has 1 aromatic carbocycles. The number of carboxylic acid groups (broad SMARTS) is 1. The van der Waals surface area contributed by atoms with Crippen LogP contribution in [0, 0.1) is 0 Å². The van der Waals surface area contributed by atoms with E-state index in [1.807, 2.05) is 17.8 Å². The van der Waals surface area contributed by atoms with Crippen LogP contribution in [0.2, 0.25) is 0 Å². The summed E-state index contributed by atoms with van der Waals surface area (Å²) in [5, 5.41) is 15.2. The summed E-state index contributed by atoms with van der Waals surface area (Å²) in [4.78, 5) is 23.6. The molecule has 0 bridgehead atoms. The number of carbonyl (C=O) groups is 2. The molecule has 6 heteroatoms. The van der Waals surface area contributed by atoms with Crippen LogP contribution in [0.15, 0.2) is 30.3 Å². The first kappa shape index (κ1) is 15.7. The molecule has 114 valence electrons. The number of carbonyl (C=O) groups excluding carboxylic acids is 1. The van der Waals surface area contributed by atoms with Gasteiger partial charge in [-0.15, -0.1) is 0 Å². The van der Waals surface area contributed by atoms with Gasteiger partial charge in [0.15, 0.2) is 5.54 Å². The van der Waals surface area contributed by atoms with Crippen molar-refractivity contribution in [2.45, 2.75) is 30.6 Å². The predicted octanol–water partition coefficient (Wildman–Crippen LogP) is 2.18. The number of urea groups is 1. The number of benzene rings is 1. The van der Waals surface area contributed by atoms with Gasteiger partial charge in [-0.3, -0.25) is 0 Å². The second-order valence-corrected chi connectivity index (χ2v) is 6.67. The Morgan fingerprint density at radius 1 is 1.38 bits per heavy atom.